The number of rotatable bonds is 8. The highest BCUT2D eigenvalue weighted by molar-refractivity contribution is 6.09. The van der Waals surface area contributed by atoms with Gasteiger partial charge in [0.25, 0.3) is 0 Å². The van der Waals surface area contributed by atoms with Gasteiger partial charge < -0.3 is 14.8 Å². The van der Waals surface area contributed by atoms with Gasteiger partial charge in [-0.2, -0.15) is 0 Å². The fraction of sp³-hybridized carbons (Fsp3) is 0.222. The van der Waals surface area contributed by atoms with Gasteiger partial charge >= 0.3 is 12.0 Å². The molecule has 2 unspecified atom stereocenters. The van der Waals surface area contributed by atoms with Gasteiger partial charge in [-0.25, -0.2) is 9.79 Å². The van der Waals surface area contributed by atoms with Crippen LogP contribution in [0, 0.1) is 5.92 Å². The third kappa shape index (κ3) is 5.66. The maximum Gasteiger partial charge on any atom is 0.341 e. The summed E-state index contributed by atoms with van der Waals surface area (Å²) in [6.45, 7) is 0.164. The Morgan fingerprint density at radius 2 is 1.55 bits per heavy atom. The summed E-state index contributed by atoms with van der Waals surface area (Å²) in [7, 11) is 1.62. The molecule has 3 aromatic rings. The van der Waals surface area contributed by atoms with Gasteiger partial charge in [0.05, 0.1) is 13.2 Å². The van der Waals surface area contributed by atoms with Crippen molar-refractivity contribution in [2.45, 2.75) is 25.5 Å². The second-order valence-corrected chi connectivity index (χ2v) is 7.86. The maximum atomic E-state index is 13.3. The Hall–Kier alpha value is -3.93. The summed E-state index contributed by atoms with van der Waals surface area (Å²) in [5, 5.41) is 2.86. The average molecular weight is 443 g/mol. The van der Waals surface area contributed by atoms with Crippen LogP contribution >= 0.6 is 0 Å². The molecular weight excluding hydrogens is 416 g/mol. The molecule has 0 radical (unpaired) electrons. The molecule has 6 nitrogen and oxygen atoms in total. The van der Waals surface area contributed by atoms with Crippen LogP contribution in [0.1, 0.15) is 29.2 Å². The van der Waals surface area contributed by atoms with E-state index >= 15 is 0 Å². The summed E-state index contributed by atoms with van der Waals surface area (Å²) in [4.78, 5) is 29.9. The molecule has 3 aromatic carbocycles. The van der Waals surface area contributed by atoms with Crippen LogP contribution < -0.4 is 10.1 Å². The molecule has 168 valence electrons. The van der Waals surface area contributed by atoms with E-state index in [-0.39, 0.29) is 6.61 Å². The van der Waals surface area contributed by atoms with Crippen molar-refractivity contribution in [1.29, 1.82) is 0 Å². The Balaban J connectivity index is 1.56. The minimum absolute atomic E-state index is 0.164. The number of esters is 1. The maximum absolute atomic E-state index is 13.3. The van der Waals surface area contributed by atoms with Crippen molar-refractivity contribution in [2.24, 2.45) is 10.9 Å². The van der Waals surface area contributed by atoms with Gasteiger partial charge in [-0.15, -0.1) is 0 Å². The summed E-state index contributed by atoms with van der Waals surface area (Å²) in [6.07, 6.45) is 1.11. The molecule has 6 heteroatoms. The smallest absolute Gasteiger partial charge is 0.341 e. The Kier molecular flexibility index (Phi) is 7.15. The molecule has 0 aliphatic carbocycles. The Bertz CT molecular complexity index is 1110. The van der Waals surface area contributed by atoms with Crippen LogP contribution in [0.5, 0.6) is 5.75 Å². The highest BCUT2D eigenvalue weighted by Gasteiger charge is 2.39. The molecule has 2 amide bonds. The molecule has 1 aliphatic rings. The number of urea groups is 1. The molecule has 0 aromatic heterocycles. The Labute approximate surface area is 193 Å². The second-order valence-electron chi connectivity index (χ2n) is 7.86. The SMILES string of the molecule is COc1ccc(CCC2=NC(=O)NC(c3ccccc3)C2C(=O)OCc2ccccc2)cc1. The highest BCUT2D eigenvalue weighted by atomic mass is 16.5. The van der Waals surface area contributed by atoms with E-state index in [1.807, 2.05) is 84.9 Å². The quantitative estimate of drug-likeness (QED) is 0.504. The lowest BCUT2D eigenvalue weighted by molar-refractivity contribution is -0.148. The second kappa shape index (κ2) is 10.6. The summed E-state index contributed by atoms with van der Waals surface area (Å²) >= 11 is 0. The van der Waals surface area contributed by atoms with E-state index in [9.17, 15) is 9.59 Å². The number of carbonyl (C=O) groups is 2. The monoisotopic (exact) mass is 442 g/mol. The van der Waals surface area contributed by atoms with E-state index in [4.69, 9.17) is 9.47 Å². The zero-order valence-corrected chi connectivity index (χ0v) is 18.4. The number of nitrogens with one attached hydrogen (secondary N) is 1. The first kappa shape index (κ1) is 22.3. The largest absolute Gasteiger partial charge is 0.497 e. The summed E-state index contributed by atoms with van der Waals surface area (Å²) < 4.78 is 10.9. The van der Waals surface area contributed by atoms with Gasteiger partial charge in [0.2, 0.25) is 0 Å². The van der Waals surface area contributed by atoms with Crippen molar-refractivity contribution in [3.8, 4) is 5.75 Å². The van der Waals surface area contributed by atoms with Gasteiger partial charge in [-0.1, -0.05) is 72.8 Å². The first-order chi connectivity index (χ1) is 16.1. The van der Waals surface area contributed by atoms with Gasteiger partial charge in [-0.05, 0) is 41.7 Å². The molecule has 1 aliphatic heterocycles. The summed E-state index contributed by atoms with van der Waals surface area (Å²) in [5.41, 5.74) is 3.33. The van der Waals surface area contributed by atoms with Crippen molar-refractivity contribution >= 4 is 17.7 Å². The van der Waals surface area contributed by atoms with Crippen LogP contribution in [-0.2, 0) is 22.6 Å². The molecule has 33 heavy (non-hydrogen) atoms. The molecule has 1 heterocycles. The number of aryl methyl sites for hydroxylation is 1. The molecule has 0 saturated carbocycles. The first-order valence-corrected chi connectivity index (χ1v) is 10.9. The van der Waals surface area contributed by atoms with Gasteiger partial charge in [-0.3, -0.25) is 4.79 Å². The van der Waals surface area contributed by atoms with E-state index in [2.05, 4.69) is 10.3 Å². The van der Waals surface area contributed by atoms with E-state index < -0.39 is 24.0 Å². The minimum Gasteiger partial charge on any atom is -0.497 e. The summed E-state index contributed by atoms with van der Waals surface area (Å²) in [6, 6.07) is 25.7. The fourth-order valence-electron chi connectivity index (χ4n) is 3.94. The lowest BCUT2D eigenvalue weighted by Crippen LogP contribution is -2.45. The van der Waals surface area contributed by atoms with Crippen molar-refractivity contribution in [1.82, 2.24) is 5.32 Å². The molecule has 0 spiro atoms. The lowest BCUT2D eigenvalue weighted by atomic mass is 9.85. The predicted octanol–water partition coefficient (Wildman–Crippen LogP) is 4.89. The zero-order valence-electron chi connectivity index (χ0n) is 18.4. The van der Waals surface area contributed by atoms with Crippen LogP contribution in [0.2, 0.25) is 0 Å². The van der Waals surface area contributed by atoms with Crippen LogP contribution in [0.4, 0.5) is 4.79 Å². The van der Waals surface area contributed by atoms with E-state index in [0.717, 1.165) is 22.4 Å². The number of hydrogen-bond acceptors (Lipinski definition) is 4. The van der Waals surface area contributed by atoms with Crippen molar-refractivity contribution in [3.63, 3.8) is 0 Å². The number of hydrogen-bond donors (Lipinski definition) is 1. The number of benzene rings is 3. The predicted molar refractivity (Wildman–Crippen MR) is 126 cm³/mol. The van der Waals surface area contributed by atoms with Crippen molar-refractivity contribution in [3.05, 3.63) is 102 Å². The Morgan fingerprint density at radius 1 is 0.879 bits per heavy atom. The molecule has 1 N–H and O–H groups in total. The van der Waals surface area contributed by atoms with Crippen LogP contribution in [0.3, 0.4) is 0 Å². The topological polar surface area (TPSA) is 77.0 Å². The van der Waals surface area contributed by atoms with Gasteiger partial charge in [0.15, 0.2) is 0 Å². The van der Waals surface area contributed by atoms with Gasteiger partial charge in [0, 0.05) is 5.71 Å². The van der Waals surface area contributed by atoms with Gasteiger partial charge in [0.1, 0.15) is 18.3 Å². The average Bonchev–Trinajstić information content (AvgIpc) is 2.87. The Morgan fingerprint density at radius 3 is 2.21 bits per heavy atom. The normalized spacial score (nSPS) is 17.6. The number of nitrogens with zero attached hydrogens (tertiary/aromatic N) is 1. The number of aliphatic imine (C=N–C) groups is 1. The van der Waals surface area contributed by atoms with E-state index in [1.165, 1.54) is 0 Å². The number of carbonyl (C=O) groups excluding carboxylic acids is 2. The highest BCUT2D eigenvalue weighted by Crippen LogP contribution is 2.30. The minimum atomic E-state index is -0.702. The number of methoxy groups -OCH3 is 1. The fourth-order valence-corrected chi connectivity index (χ4v) is 3.94. The third-order valence-corrected chi connectivity index (χ3v) is 5.68. The van der Waals surface area contributed by atoms with E-state index in [1.54, 1.807) is 7.11 Å². The van der Waals surface area contributed by atoms with Crippen LogP contribution in [0.15, 0.2) is 89.9 Å². The zero-order chi connectivity index (χ0) is 23.0. The third-order valence-electron chi connectivity index (χ3n) is 5.68. The first-order valence-electron chi connectivity index (χ1n) is 10.9. The molecular formula is C27H26N2O4. The summed E-state index contributed by atoms with van der Waals surface area (Å²) in [5.74, 6) is -0.326. The standard InChI is InChI=1S/C27H26N2O4/c1-32-22-15-12-19(13-16-22)14-17-23-24(26(30)33-18-20-8-4-2-5-9-20)25(29-27(31)28-23)21-10-6-3-7-11-21/h2-13,15-16,24-25H,14,17-18H2,1H3,(H,29,31). The number of ether oxygens (including phenoxy) is 2. The van der Waals surface area contributed by atoms with Crippen molar-refractivity contribution < 1.29 is 19.1 Å². The molecule has 0 fully saturated rings. The number of amides is 2. The van der Waals surface area contributed by atoms with Crippen molar-refractivity contribution in [2.75, 3.05) is 7.11 Å². The van der Waals surface area contributed by atoms with Crippen LogP contribution in [-0.4, -0.2) is 24.8 Å². The molecule has 0 saturated heterocycles. The van der Waals surface area contributed by atoms with Crippen LogP contribution in [0.25, 0.3) is 0 Å². The molecule has 0 bridgehead atoms. The molecule has 4 rings (SSSR count). The lowest BCUT2D eigenvalue weighted by Gasteiger charge is -2.31. The molecule has 2 atom stereocenters. The van der Waals surface area contributed by atoms with E-state index in [0.29, 0.717) is 18.6 Å².